The van der Waals surface area contributed by atoms with Crippen LogP contribution < -0.4 is 10.6 Å². The molecule has 3 heterocycles. The van der Waals surface area contributed by atoms with E-state index in [9.17, 15) is 4.79 Å². The number of aromatic nitrogens is 2. The first kappa shape index (κ1) is 17.1. The van der Waals surface area contributed by atoms with Crippen LogP contribution >= 0.6 is 0 Å². The third-order valence-electron chi connectivity index (χ3n) is 5.41. The summed E-state index contributed by atoms with van der Waals surface area (Å²) in [5, 5.41) is 6.34. The van der Waals surface area contributed by atoms with Crippen LogP contribution in [-0.4, -0.2) is 47.0 Å². The van der Waals surface area contributed by atoms with Crippen molar-refractivity contribution in [2.45, 2.75) is 38.4 Å². The van der Waals surface area contributed by atoms with E-state index in [0.29, 0.717) is 12.6 Å². The number of fused-ring (bicyclic) bond motifs is 1. The van der Waals surface area contributed by atoms with Crippen LogP contribution in [-0.2, 0) is 13.1 Å². The van der Waals surface area contributed by atoms with Gasteiger partial charge in [-0.15, -0.1) is 0 Å². The van der Waals surface area contributed by atoms with Crippen molar-refractivity contribution in [2.75, 3.05) is 20.1 Å². The molecule has 1 atom stereocenters. The molecule has 1 aromatic carbocycles. The molecule has 2 N–H and O–H groups in total. The van der Waals surface area contributed by atoms with Crippen LogP contribution in [0.5, 0.6) is 0 Å². The molecule has 136 valence electrons. The maximum atomic E-state index is 11.8. The predicted molar refractivity (Wildman–Crippen MR) is 101 cm³/mol. The number of carbonyl (C=O) groups excluding carboxylic acids is 1. The molecule has 1 saturated heterocycles. The molecule has 0 spiro atoms. The lowest BCUT2D eigenvalue weighted by atomic mass is 10.0. The number of nitrogens with zero attached hydrogens (tertiary/aromatic N) is 3. The Morgan fingerprint density at radius 3 is 2.88 bits per heavy atom. The molecule has 2 aliphatic rings. The van der Waals surface area contributed by atoms with Gasteiger partial charge < -0.3 is 10.6 Å². The van der Waals surface area contributed by atoms with E-state index in [1.54, 1.807) is 0 Å². The molecule has 1 aromatic heterocycles. The van der Waals surface area contributed by atoms with Crippen LogP contribution in [0.3, 0.4) is 0 Å². The van der Waals surface area contributed by atoms with Crippen LogP contribution in [0, 0.1) is 0 Å². The third kappa shape index (κ3) is 3.48. The highest BCUT2D eigenvalue weighted by Crippen LogP contribution is 2.27. The van der Waals surface area contributed by atoms with E-state index in [2.05, 4.69) is 32.5 Å². The van der Waals surface area contributed by atoms with Gasteiger partial charge in [0.2, 0.25) is 0 Å². The predicted octanol–water partition coefficient (Wildman–Crippen LogP) is 1.96. The second kappa shape index (κ2) is 7.51. The highest BCUT2D eigenvalue weighted by molar-refractivity contribution is 6.00. The van der Waals surface area contributed by atoms with Crippen LogP contribution in [0.25, 0.3) is 11.3 Å². The van der Waals surface area contributed by atoms with E-state index >= 15 is 0 Å². The van der Waals surface area contributed by atoms with Crippen LogP contribution in [0.15, 0.2) is 30.6 Å². The summed E-state index contributed by atoms with van der Waals surface area (Å²) in [4.78, 5) is 23.5. The Morgan fingerprint density at radius 1 is 1.15 bits per heavy atom. The number of carbonyl (C=O) groups is 1. The van der Waals surface area contributed by atoms with Gasteiger partial charge in [-0.1, -0.05) is 12.1 Å². The summed E-state index contributed by atoms with van der Waals surface area (Å²) in [7, 11) is 2.17. The number of amides is 1. The minimum Gasteiger partial charge on any atom is -0.348 e. The standard InChI is InChI=1S/C20H25N5O/c1-25(15-4-3-8-21-9-7-15)13-14-10-23-19(12-22-14)16-5-2-6-17-18(16)11-24-20(17)26/h2,5-6,10,12,15,21H,3-4,7-9,11,13H2,1H3,(H,24,26). The first-order valence-corrected chi connectivity index (χ1v) is 9.35. The average molecular weight is 351 g/mol. The SMILES string of the molecule is CN(Cc1cnc(-c2cccc3c2CNC3=O)cn1)C1CCCNCC1. The normalized spacial score (nSPS) is 19.9. The maximum Gasteiger partial charge on any atom is 0.251 e. The van der Waals surface area contributed by atoms with Crippen molar-refractivity contribution < 1.29 is 4.79 Å². The highest BCUT2D eigenvalue weighted by Gasteiger charge is 2.22. The van der Waals surface area contributed by atoms with Gasteiger partial charge in [0.15, 0.2) is 0 Å². The van der Waals surface area contributed by atoms with Crippen molar-refractivity contribution in [1.82, 2.24) is 25.5 Å². The van der Waals surface area contributed by atoms with Gasteiger partial charge in [-0.25, -0.2) is 0 Å². The summed E-state index contributed by atoms with van der Waals surface area (Å²) in [5.41, 5.74) is 4.56. The van der Waals surface area contributed by atoms with Crippen LogP contribution in [0.4, 0.5) is 0 Å². The second-order valence-corrected chi connectivity index (χ2v) is 7.16. The number of hydrogen-bond acceptors (Lipinski definition) is 5. The van der Waals surface area contributed by atoms with Crippen LogP contribution in [0.1, 0.15) is 40.9 Å². The average Bonchev–Trinajstić information content (AvgIpc) is 2.87. The Morgan fingerprint density at radius 2 is 2.04 bits per heavy atom. The first-order valence-electron chi connectivity index (χ1n) is 9.35. The minimum absolute atomic E-state index is 0.00838. The number of hydrogen-bond donors (Lipinski definition) is 2. The van der Waals surface area contributed by atoms with Crippen molar-refractivity contribution in [3.05, 3.63) is 47.4 Å². The maximum absolute atomic E-state index is 11.8. The lowest BCUT2D eigenvalue weighted by molar-refractivity contribution is 0.0966. The molecular formula is C20H25N5O. The third-order valence-corrected chi connectivity index (χ3v) is 5.41. The highest BCUT2D eigenvalue weighted by atomic mass is 16.1. The van der Waals surface area contributed by atoms with Gasteiger partial charge in [-0.2, -0.15) is 0 Å². The first-order chi connectivity index (χ1) is 12.7. The molecule has 1 amide bonds. The molecule has 1 fully saturated rings. The van der Waals surface area contributed by atoms with E-state index in [1.165, 1.54) is 19.3 Å². The molecular weight excluding hydrogens is 326 g/mol. The monoisotopic (exact) mass is 351 g/mol. The topological polar surface area (TPSA) is 70.2 Å². The molecule has 1 unspecified atom stereocenters. The molecule has 0 saturated carbocycles. The Bertz CT molecular complexity index is 781. The molecule has 6 heteroatoms. The second-order valence-electron chi connectivity index (χ2n) is 7.16. The molecule has 0 radical (unpaired) electrons. The molecule has 0 bridgehead atoms. The Kier molecular flexibility index (Phi) is 4.95. The fraction of sp³-hybridized carbons (Fsp3) is 0.450. The Labute approximate surface area is 154 Å². The summed E-state index contributed by atoms with van der Waals surface area (Å²) in [6.07, 6.45) is 7.33. The molecule has 0 aliphatic carbocycles. The Hall–Kier alpha value is -2.31. The molecule has 2 aliphatic heterocycles. The zero-order valence-electron chi connectivity index (χ0n) is 15.2. The van der Waals surface area contributed by atoms with Crippen molar-refractivity contribution in [3.63, 3.8) is 0 Å². The van der Waals surface area contributed by atoms with E-state index < -0.39 is 0 Å². The quantitative estimate of drug-likeness (QED) is 0.881. The van der Waals surface area contributed by atoms with Gasteiger partial charge in [0.25, 0.3) is 5.91 Å². The Balaban J connectivity index is 1.48. The largest absolute Gasteiger partial charge is 0.348 e. The van der Waals surface area contributed by atoms with Crippen molar-refractivity contribution >= 4 is 5.91 Å². The lowest BCUT2D eigenvalue weighted by Gasteiger charge is -2.26. The van der Waals surface area contributed by atoms with Gasteiger partial charge in [0, 0.05) is 30.3 Å². The van der Waals surface area contributed by atoms with E-state index in [-0.39, 0.29) is 5.91 Å². The van der Waals surface area contributed by atoms with Gasteiger partial charge in [0.1, 0.15) is 0 Å². The zero-order valence-corrected chi connectivity index (χ0v) is 15.2. The van der Waals surface area contributed by atoms with Crippen molar-refractivity contribution in [1.29, 1.82) is 0 Å². The summed E-state index contributed by atoms with van der Waals surface area (Å²) in [6, 6.07) is 6.37. The summed E-state index contributed by atoms with van der Waals surface area (Å²) in [5.74, 6) is -0.00838. The summed E-state index contributed by atoms with van der Waals surface area (Å²) in [6.45, 7) is 3.58. The molecule has 4 rings (SSSR count). The summed E-state index contributed by atoms with van der Waals surface area (Å²) < 4.78 is 0. The fourth-order valence-corrected chi connectivity index (χ4v) is 3.90. The van der Waals surface area contributed by atoms with Gasteiger partial charge in [-0.05, 0) is 51.0 Å². The fourth-order valence-electron chi connectivity index (χ4n) is 3.90. The molecule has 2 aromatic rings. The number of benzene rings is 1. The molecule has 26 heavy (non-hydrogen) atoms. The van der Waals surface area contributed by atoms with Gasteiger partial charge in [-0.3, -0.25) is 19.7 Å². The number of nitrogens with one attached hydrogen (secondary N) is 2. The van der Waals surface area contributed by atoms with E-state index in [4.69, 9.17) is 0 Å². The lowest BCUT2D eigenvalue weighted by Crippen LogP contribution is -2.32. The number of rotatable bonds is 4. The van der Waals surface area contributed by atoms with Crippen LogP contribution in [0.2, 0.25) is 0 Å². The van der Waals surface area contributed by atoms with Crippen molar-refractivity contribution in [2.24, 2.45) is 0 Å². The molecule has 6 nitrogen and oxygen atoms in total. The minimum atomic E-state index is -0.00838. The zero-order chi connectivity index (χ0) is 17.9. The van der Waals surface area contributed by atoms with E-state index in [1.807, 2.05) is 30.6 Å². The van der Waals surface area contributed by atoms with Crippen molar-refractivity contribution in [3.8, 4) is 11.3 Å². The smallest absolute Gasteiger partial charge is 0.251 e. The van der Waals surface area contributed by atoms with Gasteiger partial charge >= 0.3 is 0 Å². The van der Waals surface area contributed by atoms with Gasteiger partial charge in [0.05, 0.1) is 23.8 Å². The van der Waals surface area contributed by atoms with E-state index in [0.717, 1.165) is 47.7 Å². The summed E-state index contributed by atoms with van der Waals surface area (Å²) >= 11 is 0.